The van der Waals surface area contributed by atoms with Crippen LogP contribution in [0.1, 0.15) is 17.2 Å². The van der Waals surface area contributed by atoms with Crippen molar-refractivity contribution in [2.24, 2.45) is 0 Å². The number of hydrogen-bond acceptors (Lipinski definition) is 3. The second-order valence-electron chi connectivity index (χ2n) is 3.26. The lowest BCUT2D eigenvalue weighted by molar-refractivity contribution is 0.0453. The molecule has 1 aromatic carbocycles. The molecule has 2 rings (SSSR count). The smallest absolute Gasteiger partial charge is 0.125 e. The van der Waals surface area contributed by atoms with Crippen LogP contribution in [-0.2, 0) is 0 Å². The van der Waals surface area contributed by atoms with Crippen molar-refractivity contribution in [2.45, 2.75) is 12.2 Å². The van der Waals surface area contributed by atoms with Crippen LogP contribution in [0, 0.1) is 0 Å². The highest BCUT2D eigenvalue weighted by Gasteiger charge is 2.25. The molecule has 2 atom stereocenters. The third-order valence-corrected chi connectivity index (χ3v) is 2.41. The van der Waals surface area contributed by atoms with E-state index in [-0.39, 0.29) is 0 Å². The summed E-state index contributed by atoms with van der Waals surface area (Å²) < 4.78 is 5.13. The average molecular weight is 192 g/mol. The number of aliphatic hydroxyl groups excluding tert-OH is 2. The topological polar surface area (TPSA) is 49.7 Å². The average Bonchev–Trinajstić information content (AvgIpc) is 2.23. The summed E-state index contributed by atoms with van der Waals surface area (Å²) in [6.07, 6.45) is 1.62. The number of benzene rings is 1. The second-order valence-corrected chi connectivity index (χ2v) is 3.26. The summed E-state index contributed by atoms with van der Waals surface area (Å²) in [6, 6.07) is 5.50. The molecule has 1 aliphatic rings. The molecule has 3 nitrogen and oxygen atoms in total. The minimum absolute atomic E-state index is 0.610. The lowest BCUT2D eigenvalue weighted by atomic mass is 9.92. The standard InChI is InChI=1S/C11H12O3/c1-14-9-4-2-3-7-5-6-8(12)11(13)10(7)9/h2-6,8,11-13H,1H3/t8-,11-/m0/s1. The Balaban J connectivity index is 2.57. The van der Waals surface area contributed by atoms with Gasteiger partial charge in [0.15, 0.2) is 0 Å². The van der Waals surface area contributed by atoms with Gasteiger partial charge in [-0.25, -0.2) is 0 Å². The molecule has 0 amide bonds. The Morgan fingerprint density at radius 3 is 2.79 bits per heavy atom. The molecule has 0 heterocycles. The summed E-state index contributed by atoms with van der Waals surface area (Å²) in [5.74, 6) is 0.610. The van der Waals surface area contributed by atoms with Gasteiger partial charge in [-0.1, -0.05) is 24.3 Å². The molecule has 0 unspecified atom stereocenters. The fraction of sp³-hybridized carbons (Fsp3) is 0.273. The van der Waals surface area contributed by atoms with Gasteiger partial charge in [0.25, 0.3) is 0 Å². The van der Waals surface area contributed by atoms with E-state index >= 15 is 0 Å². The molecular formula is C11H12O3. The van der Waals surface area contributed by atoms with Crippen LogP contribution in [-0.4, -0.2) is 23.4 Å². The molecule has 0 spiro atoms. The number of ether oxygens (including phenoxy) is 1. The summed E-state index contributed by atoms with van der Waals surface area (Å²) in [7, 11) is 1.55. The van der Waals surface area contributed by atoms with Crippen molar-refractivity contribution in [2.75, 3.05) is 7.11 Å². The van der Waals surface area contributed by atoms with Crippen LogP contribution >= 0.6 is 0 Å². The van der Waals surface area contributed by atoms with Gasteiger partial charge in [0.05, 0.1) is 7.11 Å². The fourth-order valence-corrected chi connectivity index (χ4v) is 1.68. The first-order valence-corrected chi connectivity index (χ1v) is 4.45. The molecule has 14 heavy (non-hydrogen) atoms. The molecule has 0 fully saturated rings. The summed E-state index contributed by atoms with van der Waals surface area (Å²) >= 11 is 0. The van der Waals surface area contributed by atoms with Crippen LogP contribution < -0.4 is 4.74 Å². The van der Waals surface area contributed by atoms with Crippen molar-refractivity contribution in [3.8, 4) is 5.75 Å². The monoisotopic (exact) mass is 192 g/mol. The van der Waals surface area contributed by atoms with E-state index in [1.165, 1.54) is 0 Å². The minimum atomic E-state index is -0.897. The minimum Gasteiger partial charge on any atom is -0.496 e. The molecule has 2 N–H and O–H groups in total. The number of aliphatic hydroxyl groups is 2. The Hall–Kier alpha value is -1.32. The SMILES string of the molecule is COc1cccc2c1[C@@H](O)[C@@H](O)C=C2. The molecule has 0 radical (unpaired) electrons. The molecule has 74 valence electrons. The molecule has 1 aliphatic carbocycles. The van der Waals surface area contributed by atoms with E-state index in [4.69, 9.17) is 4.74 Å². The number of fused-ring (bicyclic) bond motifs is 1. The van der Waals surface area contributed by atoms with Crippen molar-refractivity contribution in [1.29, 1.82) is 0 Å². The quantitative estimate of drug-likeness (QED) is 0.701. The van der Waals surface area contributed by atoms with Crippen molar-refractivity contribution in [3.63, 3.8) is 0 Å². The second kappa shape index (κ2) is 3.44. The van der Waals surface area contributed by atoms with Crippen LogP contribution in [0.25, 0.3) is 6.08 Å². The molecule has 1 aromatic rings. The van der Waals surface area contributed by atoms with Crippen molar-refractivity contribution >= 4 is 6.08 Å². The van der Waals surface area contributed by atoms with Crippen LogP contribution in [0.3, 0.4) is 0 Å². The maximum absolute atomic E-state index is 9.76. The van der Waals surface area contributed by atoms with Gasteiger partial charge in [-0.2, -0.15) is 0 Å². The first-order valence-electron chi connectivity index (χ1n) is 4.45. The van der Waals surface area contributed by atoms with E-state index in [9.17, 15) is 10.2 Å². The highest BCUT2D eigenvalue weighted by molar-refractivity contribution is 5.62. The maximum Gasteiger partial charge on any atom is 0.125 e. The van der Waals surface area contributed by atoms with Crippen LogP contribution in [0.4, 0.5) is 0 Å². The number of rotatable bonds is 1. The molecule has 3 heteroatoms. The summed E-state index contributed by atoms with van der Waals surface area (Å²) in [6.45, 7) is 0. The van der Waals surface area contributed by atoms with E-state index in [1.807, 2.05) is 12.1 Å². The predicted octanol–water partition coefficient (Wildman–Crippen LogP) is 1.12. The Labute approximate surface area is 82.3 Å². The van der Waals surface area contributed by atoms with E-state index in [1.54, 1.807) is 25.3 Å². The summed E-state index contributed by atoms with van der Waals surface area (Å²) in [5.41, 5.74) is 1.55. The molecule has 0 aliphatic heterocycles. The molecule has 0 saturated heterocycles. The lowest BCUT2D eigenvalue weighted by Crippen LogP contribution is -2.20. The lowest BCUT2D eigenvalue weighted by Gasteiger charge is -2.23. The van der Waals surface area contributed by atoms with Gasteiger partial charge in [-0.05, 0) is 11.6 Å². The third-order valence-electron chi connectivity index (χ3n) is 2.41. The Morgan fingerprint density at radius 1 is 1.29 bits per heavy atom. The number of hydrogen-bond donors (Lipinski definition) is 2. The number of methoxy groups -OCH3 is 1. The molecule has 0 saturated carbocycles. The largest absolute Gasteiger partial charge is 0.496 e. The zero-order chi connectivity index (χ0) is 10.1. The van der Waals surface area contributed by atoms with Gasteiger partial charge < -0.3 is 14.9 Å². The first-order chi connectivity index (χ1) is 6.74. The van der Waals surface area contributed by atoms with Gasteiger partial charge in [0, 0.05) is 5.56 Å². The van der Waals surface area contributed by atoms with Crippen LogP contribution in [0.2, 0.25) is 0 Å². The van der Waals surface area contributed by atoms with E-state index in [2.05, 4.69) is 0 Å². The van der Waals surface area contributed by atoms with Crippen LogP contribution in [0.5, 0.6) is 5.75 Å². The Morgan fingerprint density at radius 2 is 2.07 bits per heavy atom. The van der Waals surface area contributed by atoms with Crippen molar-refractivity contribution in [1.82, 2.24) is 0 Å². The first kappa shape index (κ1) is 9.24. The van der Waals surface area contributed by atoms with Gasteiger partial charge in [-0.3, -0.25) is 0 Å². The Kier molecular flexibility index (Phi) is 2.27. The van der Waals surface area contributed by atoms with Gasteiger partial charge in [-0.15, -0.1) is 0 Å². The highest BCUT2D eigenvalue weighted by atomic mass is 16.5. The summed E-state index contributed by atoms with van der Waals surface area (Å²) in [5, 5.41) is 19.2. The van der Waals surface area contributed by atoms with E-state index in [0.717, 1.165) is 5.56 Å². The maximum atomic E-state index is 9.76. The van der Waals surface area contributed by atoms with E-state index in [0.29, 0.717) is 11.3 Å². The normalized spacial score (nSPS) is 24.5. The zero-order valence-electron chi connectivity index (χ0n) is 7.84. The molecular weight excluding hydrogens is 180 g/mol. The van der Waals surface area contributed by atoms with Crippen molar-refractivity contribution < 1.29 is 14.9 Å². The predicted molar refractivity (Wildman–Crippen MR) is 53.0 cm³/mol. The fourth-order valence-electron chi connectivity index (χ4n) is 1.68. The highest BCUT2D eigenvalue weighted by Crippen LogP contribution is 2.34. The Bertz CT molecular complexity index is 371. The summed E-state index contributed by atoms with van der Waals surface area (Å²) in [4.78, 5) is 0. The van der Waals surface area contributed by atoms with E-state index < -0.39 is 12.2 Å². The van der Waals surface area contributed by atoms with Gasteiger partial charge in [0.2, 0.25) is 0 Å². The zero-order valence-corrected chi connectivity index (χ0v) is 7.84. The van der Waals surface area contributed by atoms with Crippen molar-refractivity contribution in [3.05, 3.63) is 35.4 Å². The van der Waals surface area contributed by atoms with Crippen LogP contribution in [0.15, 0.2) is 24.3 Å². The van der Waals surface area contributed by atoms with Gasteiger partial charge >= 0.3 is 0 Å². The molecule has 0 bridgehead atoms. The van der Waals surface area contributed by atoms with Gasteiger partial charge in [0.1, 0.15) is 18.0 Å². The molecule has 0 aromatic heterocycles. The third kappa shape index (κ3) is 1.31.